The summed E-state index contributed by atoms with van der Waals surface area (Å²) in [5.41, 5.74) is -0.647. The van der Waals surface area contributed by atoms with Gasteiger partial charge in [0.15, 0.2) is 8.32 Å². The lowest BCUT2D eigenvalue weighted by molar-refractivity contribution is -0.228. The van der Waals surface area contributed by atoms with E-state index in [-0.39, 0.29) is 35.0 Å². The molecule has 6 heteroatoms. The number of aliphatic hydroxyl groups is 1. The molecule has 0 radical (unpaired) electrons. The molecule has 3 rings (SSSR count). The molecule has 3 fully saturated rings. The minimum atomic E-state index is -1.98. The third-order valence-electron chi connectivity index (χ3n) is 7.24. The molecule has 1 N–H and O–H groups in total. The highest BCUT2D eigenvalue weighted by molar-refractivity contribution is 6.74. The zero-order chi connectivity index (χ0) is 18.8. The summed E-state index contributed by atoms with van der Waals surface area (Å²) in [7, 11) is -0.297. The fraction of sp³-hybridized carbons (Fsp3) is 0.842. The third kappa shape index (κ3) is 2.73. The second kappa shape index (κ2) is 5.91. The Morgan fingerprint density at radius 2 is 2.08 bits per heavy atom. The first kappa shape index (κ1) is 19.1. The number of amides is 1. The number of likely N-dealkylation sites (tertiary alicyclic amines) is 1. The molecule has 2 saturated heterocycles. The van der Waals surface area contributed by atoms with E-state index in [2.05, 4.69) is 40.4 Å². The van der Waals surface area contributed by atoms with E-state index in [1.54, 1.807) is 7.05 Å². The van der Waals surface area contributed by atoms with E-state index in [9.17, 15) is 9.90 Å². The van der Waals surface area contributed by atoms with E-state index >= 15 is 0 Å². The van der Waals surface area contributed by atoms with Crippen molar-refractivity contribution in [1.29, 1.82) is 0 Å². The van der Waals surface area contributed by atoms with Crippen molar-refractivity contribution in [3.05, 3.63) is 12.7 Å². The highest BCUT2D eigenvalue weighted by Gasteiger charge is 2.62. The van der Waals surface area contributed by atoms with Crippen LogP contribution in [0.3, 0.4) is 0 Å². The van der Waals surface area contributed by atoms with Crippen molar-refractivity contribution < 1.29 is 19.1 Å². The SMILES string of the molecule is C=C[C@@]12C[C@@H](O[Si](C)(C)C(C)(C)C)[C@H]3C[C@@H]1C(CO3)C(O)N(C)C2=O. The maximum atomic E-state index is 13.1. The number of carbonyl (C=O) groups is 1. The second-order valence-electron chi connectivity index (χ2n) is 9.57. The van der Waals surface area contributed by atoms with Crippen LogP contribution in [0.15, 0.2) is 12.7 Å². The van der Waals surface area contributed by atoms with E-state index in [4.69, 9.17) is 9.16 Å². The highest BCUT2D eigenvalue weighted by atomic mass is 28.4. The van der Waals surface area contributed by atoms with Gasteiger partial charge in [-0.3, -0.25) is 4.79 Å². The van der Waals surface area contributed by atoms with Crippen LogP contribution in [0.5, 0.6) is 0 Å². The van der Waals surface area contributed by atoms with Crippen molar-refractivity contribution in [2.45, 2.75) is 70.2 Å². The molecule has 5 nitrogen and oxygen atoms in total. The van der Waals surface area contributed by atoms with Crippen molar-refractivity contribution in [2.24, 2.45) is 17.3 Å². The Labute approximate surface area is 152 Å². The van der Waals surface area contributed by atoms with Gasteiger partial charge < -0.3 is 19.2 Å². The molecule has 25 heavy (non-hydrogen) atoms. The van der Waals surface area contributed by atoms with Gasteiger partial charge in [0.1, 0.15) is 6.23 Å². The summed E-state index contributed by atoms with van der Waals surface area (Å²) in [5, 5.41) is 10.6. The molecule has 3 aliphatic rings. The number of fused-ring (bicyclic) bond motifs is 1. The summed E-state index contributed by atoms with van der Waals surface area (Å²) in [5.74, 6) is 0.00733. The van der Waals surface area contributed by atoms with Gasteiger partial charge in [-0.25, -0.2) is 0 Å². The average molecular weight is 368 g/mol. The smallest absolute Gasteiger partial charge is 0.234 e. The summed E-state index contributed by atoms with van der Waals surface area (Å²) in [6.45, 7) is 15.6. The zero-order valence-electron chi connectivity index (χ0n) is 16.4. The van der Waals surface area contributed by atoms with Crippen LogP contribution in [-0.4, -0.2) is 56.3 Å². The molecule has 0 aromatic carbocycles. The first-order valence-corrected chi connectivity index (χ1v) is 12.2. The summed E-state index contributed by atoms with van der Waals surface area (Å²) in [4.78, 5) is 14.6. The summed E-state index contributed by atoms with van der Waals surface area (Å²) < 4.78 is 12.8. The molecule has 2 aliphatic heterocycles. The van der Waals surface area contributed by atoms with Gasteiger partial charge in [0.25, 0.3) is 0 Å². The van der Waals surface area contributed by atoms with Crippen molar-refractivity contribution >= 4 is 14.2 Å². The first-order valence-electron chi connectivity index (χ1n) is 9.33. The molecule has 2 bridgehead atoms. The number of rotatable bonds is 3. The summed E-state index contributed by atoms with van der Waals surface area (Å²) >= 11 is 0. The molecule has 0 aromatic rings. The number of hydrogen-bond donors (Lipinski definition) is 1. The van der Waals surface area contributed by atoms with Gasteiger partial charge in [-0.15, -0.1) is 6.58 Å². The molecular weight excluding hydrogens is 334 g/mol. The van der Waals surface area contributed by atoms with Crippen LogP contribution >= 0.6 is 0 Å². The molecule has 1 saturated carbocycles. The highest BCUT2D eigenvalue weighted by Crippen LogP contribution is 2.55. The first-order chi connectivity index (χ1) is 11.4. The van der Waals surface area contributed by atoms with Crippen LogP contribution in [0.1, 0.15) is 33.6 Å². The van der Waals surface area contributed by atoms with E-state index in [0.717, 1.165) is 6.42 Å². The minimum absolute atomic E-state index is 0.00635. The maximum Gasteiger partial charge on any atom is 0.234 e. The third-order valence-corrected chi connectivity index (χ3v) is 11.7. The molecule has 2 heterocycles. The van der Waals surface area contributed by atoms with Gasteiger partial charge in [0.05, 0.1) is 24.2 Å². The largest absolute Gasteiger partial charge is 0.411 e. The molecule has 2 unspecified atom stereocenters. The van der Waals surface area contributed by atoms with Gasteiger partial charge in [-0.2, -0.15) is 0 Å². The maximum absolute atomic E-state index is 13.1. The van der Waals surface area contributed by atoms with Crippen molar-refractivity contribution in [2.75, 3.05) is 13.7 Å². The summed E-state index contributed by atoms with van der Waals surface area (Å²) in [6, 6.07) is 0. The van der Waals surface area contributed by atoms with Crippen molar-refractivity contribution in [3.8, 4) is 0 Å². The lowest BCUT2D eigenvalue weighted by Gasteiger charge is -2.59. The molecule has 1 amide bonds. The second-order valence-corrected chi connectivity index (χ2v) is 14.3. The van der Waals surface area contributed by atoms with Crippen LogP contribution in [0, 0.1) is 17.3 Å². The molecule has 0 spiro atoms. The van der Waals surface area contributed by atoms with Gasteiger partial charge in [-0.1, -0.05) is 26.8 Å². The van der Waals surface area contributed by atoms with Crippen LogP contribution in [0.25, 0.3) is 0 Å². The number of aliphatic hydroxyl groups excluding tert-OH is 1. The predicted molar refractivity (Wildman–Crippen MR) is 99.4 cm³/mol. The van der Waals surface area contributed by atoms with Crippen LogP contribution < -0.4 is 0 Å². The zero-order valence-corrected chi connectivity index (χ0v) is 17.4. The Hall–Kier alpha value is -0.693. The number of hydrogen-bond acceptors (Lipinski definition) is 4. The number of carbonyl (C=O) groups excluding carboxylic acids is 1. The van der Waals surface area contributed by atoms with Crippen LogP contribution in [0.2, 0.25) is 18.1 Å². The van der Waals surface area contributed by atoms with E-state index < -0.39 is 20.0 Å². The normalized spacial score (nSPS) is 41.6. The Morgan fingerprint density at radius 1 is 1.44 bits per heavy atom. The number of piperidine rings is 1. The number of ether oxygens (including phenoxy) is 1. The molecular formula is C19H33NO4Si. The summed E-state index contributed by atoms with van der Waals surface area (Å²) in [6.07, 6.45) is 2.32. The molecule has 142 valence electrons. The van der Waals surface area contributed by atoms with E-state index in [0.29, 0.717) is 13.0 Å². The van der Waals surface area contributed by atoms with Crippen LogP contribution in [0.4, 0.5) is 0 Å². The number of nitrogens with zero attached hydrogens (tertiary/aromatic N) is 1. The predicted octanol–water partition coefficient (Wildman–Crippen LogP) is 2.76. The Bertz CT molecular complexity index is 572. The Kier molecular flexibility index (Phi) is 4.51. The monoisotopic (exact) mass is 367 g/mol. The fourth-order valence-corrected chi connectivity index (χ4v) is 5.93. The van der Waals surface area contributed by atoms with Crippen molar-refractivity contribution in [3.63, 3.8) is 0 Å². The van der Waals surface area contributed by atoms with Gasteiger partial charge in [0.2, 0.25) is 5.91 Å². The lowest BCUT2D eigenvalue weighted by Crippen LogP contribution is -2.68. The standard InChI is InChI=1S/C19H33NO4Si/c1-8-19-10-15(24-25(6,7)18(2,3)4)14-9-13(19)12(11-23-14)16(21)20(5)17(19)22/h8,12-16,21H,1,9-11H2,2-7H3/t12?,13-,14-,15-,16?,19-/m1/s1. The Balaban J connectivity index is 1.94. The Morgan fingerprint density at radius 3 is 2.64 bits per heavy atom. The quantitative estimate of drug-likeness (QED) is 0.615. The van der Waals surface area contributed by atoms with E-state index in [1.165, 1.54) is 4.90 Å². The van der Waals surface area contributed by atoms with Crippen LogP contribution in [-0.2, 0) is 14.0 Å². The van der Waals surface area contributed by atoms with Gasteiger partial charge in [-0.05, 0) is 36.9 Å². The lowest BCUT2D eigenvalue weighted by atomic mass is 9.56. The molecule has 0 aromatic heterocycles. The van der Waals surface area contributed by atoms with Gasteiger partial charge >= 0.3 is 0 Å². The van der Waals surface area contributed by atoms with Crippen molar-refractivity contribution in [1.82, 2.24) is 4.90 Å². The molecule has 1 aliphatic carbocycles. The van der Waals surface area contributed by atoms with E-state index in [1.807, 2.05) is 6.08 Å². The van der Waals surface area contributed by atoms with Gasteiger partial charge in [0, 0.05) is 13.0 Å². The average Bonchev–Trinajstić information content (AvgIpc) is 2.53. The molecule has 6 atom stereocenters. The topological polar surface area (TPSA) is 59.0 Å². The fourth-order valence-electron chi connectivity index (χ4n) is 4.58. The minimum Gasteiger partial charge on any atom is -0.411 e.